The van der Waals surface area contributed by atoms with Crippen molar-refractivity contribution in [2.24, 2.45) is 0 Å². The zero-order valence-corrected chi connectivity index (χ0v) is 29.8. The molecule has 0 amide bonds. The van der Waals surface area contributed by atoms with Gasteiger partial charge in [0.25, 0.3) is 0 Å². The fourth-order valence-corrected chi connectivity index (χ4v) is 8.26. The third-order valence-electron chi connectivity index (χ3n) is 11.1. The van der Waals surface area contributed by atoms with Crippen molar-refractivity contribution in [2.75, 3.05) is 4.90 Å². The third-order valence-corrected chi connectivity index (χ3v) is 11.1. The molecule has 1 heterocycles. The molecule has 1 aromatic heterocycles. The van der Waals surface area contributed by atoms with Gasteiger partial charge in [0, 0.05) is 33.2 Å². The van der Waals surface area contributed by atoms with E-state index in [0.29, 0.717) is 0 Å². The lowest BCUT2D eigenvalue weighted by Gasteiger charge is -2.28. The minimum absolute atomic E-state index is 0.191. The predicted molar refractivity (Wildman–Crippen MR) is 222 cm³/mol. The lowest BCUT2D eigenvalue weighted by atomic mass is 9.81. The molecule has 1 aliphatic carbocycles. The fourth-order valence-electron chi connectivity index (χ4n) is 8.26. The average Bonchev–Trinajstić information content (AvgIpc) is 3.70. The number of hydrogen-bond donors (Lipinski definition) is 0. The molecule has 10 rings (SSSR count). The van der Waals surface area contributed by atoms with Gasteiger partial charge >= 0.3 is 0 Å². The van der Waals surface area contributed by atoms with Gasteiger partial charge in [0.05, 0.1) is 0 Å². The standard InChI is InChI=1S/C51H37NO/c1-51(2)47-32-39(38-22-30-50-46(31-38)45-15-9-10-16-49(45)53-50)21-28-43(47)44-29-27-42(33-48(44)51)52(40-23-17-36(18-24-40)34-11-5-3-6-12-34)41-25-19-37(20-26-41)35-13-7-4-8-14-35/h3-33H,1-2H3. The van der Waals surface area contributed by atoms with Crippen LogP contribution < -0.4 is 4.90 Å². The van der Waals surface area contributed by atoms with Crippen LogP contribution in [0.4, 0.5) is 17.1 Å². The first-order valence-electron chi connectivity index (χ1n) is 18.3. The summed E-state index contributed by atoms with van der Waals surface area (Å²) < 4.78 is 6.14. The number of benzene rings is 8. The SMILES string of the molecule is CC1(C)c2cc(-c3ccc4oc5ccccc5c4c3)ccc2-c2ccc(N(c3ccc(-c4ccccc4)cc3)c3ccc(-c4ccccc4)cc3)cc21. The summed E-state index contributed by atoms with van der Waals surface area (Å²) in [5.74, 6) is 0. The quantitative estimate of drug-likeness (QED) is 0.174. The van der Waals surface area contributed by atoms with E-state index in [1.165, 1.54) is 55.6 Å². The summed E-state index contributed by atoms with van der Waals surface area (Å²) in [7, 11) is 0. The molecule has 0 aliphatic heterocycles. The lowest BCUT2D eigenvalue weighted by Crippen LogP contribution is -2.16. The van der Waals surface area contributed by atoms with Crippen LogP contribution in [0.15, 0.2) is 192 Å². The van der Waals surface area contributed by atoms with Crippen LogP contribution in [0.3, 0.4) is 0 Å². The van der Waals surface area contributed by atoms with Crippen LogP contribution in [-0.2, 0) is 5.41 Å². The van der Waals surface area contributed by atoms with E-state index in [1.54, 1.807) is 0 Å². The molecule has 53 heavy (non-hydrogen) atoms. The van der Waals surface area contributed by atoms with Crippen LogP contribution in [0, 0.1) is 0 Å². The van der Waals surface area contributed by atoms with Crippen LogP contribution in [-0.4, -0.2) is 0 Å². The van der Waals surface area contributed by atoms with Crippen LogP contribution in [0.1, 0.15) is 25.0 Å². The number of rotatable bonds is 6. The van der Waals surface area contributed by atoms with Crippen molar-refractivity contribution in [3.63, 3.8) is 0 Å². The lowest BCUT2D eigenvalue weighted by molar-refractivity contribution is 0.660. The van der Waals surface area contributed by atoms with E-state index >= 15 is 0 Å². The summed E-state index contributed by atoms with van der Waals surface area (Å²) >= 11 is 0. The highest BCUT2D eigenvalue weighted by atomic mass is 16.3. The minimum atomic E-state index is -0.191. The second kappa shape index (κ2) is 12.3. The molecule has 8 aromatic carbocycles. The van der Waals surface area contributed by atoms with Crippen molar-refractivity contribution in [3.8, 4) is 44.5 Å². The van der Waals surface area contributed by atoms with Crippen molar-refractivity contribution >= 4 is 39.0 Å². The minimum Gasteiger partial charge on any atom is -0.456 e. The highest BCUT2D eigenvalue weighted by molar-refractivity contribution is 6.06. The molecule has 0 N–H and O–H groups in total. The highest BCUT2D eigenvalue weighted by Gasteiger charge is 2.36. The number of furan rings is 1. The first kappa shape index (κ1) is 31.1. The molecule has 0 spiro atoms. The van der Waals surface area contributed by atoms with Crippen molar-refractivity contribution in [1.82, 2.24) is 0 Å². The van der Waals surface area contributed by atoms with E-state index < -0.39 is 0 Å². The second-order valence-electron chi connectivity index (χ2n) is 14.6. The number of hydrogen-bond acceptors (Lipinski definition) is 2. The van der Waals surface area contributed by atoms with Gasteiger partial charge in [-0.25, -0.2) is 0 Å². The summed E-state index contributed by atoms with van der Waals surface area (Å²) in [4.78, 5) is 2.39. The van der Waals surface area contributed by atoms with Gasteiger partial charge in [-0.2, -0.15) is 0 Å². The van der Waals surface area contributed by atoms with Gasteiger partial charge in [-0.3, -0.25) is 0 Å². The van der Waals surface area contributed by atoms with Crippen LogP contribution in [0.2, 0.25) is 0 Å². The molecule has 2 nitrogen and oxygen atoms in total. The maximum Gasteiger partial charge on any atom is 0.135 e. The number of nitrogens with zero attached hydrogens (tertiary/aromatic N) is 1. The average molecular weight is 680 g/mol. The summed E-state index contributed by atoms with van der Waals surface area (Å²) in [6, 6.07) is 67.9. The topological polar surface area (TPSA) is 16.4 Å². The summed E-state index contributed by atoms with van der Waals surface area (Å²) in [5.41, 5.74) is 17.6. The molecule has 0 fully saturated rings. The predicted octanol–water partition coefficient (Wildman–Crippen LogP) is 14.4. The van der Waals surface area contributed by atoms with Gasteiger partial charge < -0.3 is 9.32 Å². The summed E-state index contributed by atoms with van der Waals surface area (Å²) in [5, 5.41) is 2.30. The zero-order chi connectivity index (χ0) is 35.5. The summed E-state index contributed by atoms with van der Waals surface area (Å²) in [6.45, 7) is 4.73. The Kier molecular flexibility index (Phi) is 7.19. The Hall–Kier alpha value is -6.64. The maximum absolute atomic E-state index is 6.14. The van der Waals surface area contributed by atoms with Gasteiger partial charge in [-0.1, -0.05) is 141 Å². The van der Waals surface area contributed by atoms with E-state index in [4.69, 9.17) is 4.42 Å². The Balaban J connectivity index is 1.05. The second-order valence-corrected chi connectivity index (χ2v) is 14.6. The molecule has 0 saturated carbocycles. The molecule has 0 unspecified atom stereocenters. The Bertz CT molecular complexity index is 2690. The molecule has 252 valence electrons. The Morgan fingerprint density at radius 3 is 1.45 bits per heavy atom. The highest BCUT2D eigenvalue weighted by Crippen LogP contribution is 2.52. The normalized spacial score (nSPS) is 12.9. The Labute approximate surface area is 310 Å². The van der Waals surface area contributed by atoms with Gasteiger partial charge in [0.1, 0.15) is 11.2 Å². The molecule has 1 aliphatic rings. The Morgan fingerprint density at radius 2 is 0.811 bits per heavy atom. The van der Waals surface area contributed by atoms with Crippen molar-refractivity contribution in [2.45, 2.75) is 19.3 Å². The van der Waals surface area contributed by atoms with E-state index in [-0.39, 0.29) is 5.41 Å². The van der Waals surface area contributed by atoms with Crippen molar-refractivity contribution in [1.29, 1.82) is 0 Å². The molecular formula is C51H37NO. The van der Waals surface area contributed by atoms with Crippen molar-refractivity contribution < 1.29 is 4.42 Å². The Morgan fingerprint density at radius 1 is 0.358 bits per heavy atom. The van der Waals surface area contributed by atoms with E-state index in [2.05, 4.69) is 195 Å². The first-order chi connectivity index (χ1) is 26.0. The number of fused-ring (bicyclic) bond motifs is 6. The molecule has 0 atom stereocenters. The van der Waals surface area contributed by atoms with Crippen LogP contribution >= 0.6 is 0 Å². The maximum atomic E-state index is 6.14. The fraction of sp³-hybridized carbons (Fsp3) is 0.0588. The van der Waals surface area contributed by atoms with E-state index in [9.17, 15) is 0 Å². The smallest absolute Gasteiger partial charge is 0.135 e. The van der Waals surface area contributed by atoms with Crippen LogP contribution in [0.25, 0.3) is 66.4 Å². The largest absolute Gasteiger partial charge is 0.456 e. The molecule has 2 heteroatoms. The van der Waals surface area contributed by atoms with Gasteiger partial charge in [0.2, 0.25) is 0 Å². The van der Waals surface area contributed by atoms with Gasteiger partial charge in [0.15, 0.2) is 0 Å². The third kappa shape index (κ3) is 5.26. The van der Waals surface area contributed by atoms with Crippen LogP contribution in [0.5, 0.6) is 0 Å². The van der Waals surface area contributed by atoms with Gasteiger partial charge in [-0.15, -0.1) is 0 Å². The monoisotopic (exact) mass is 679 g/mol. The first-order valence-corrected chi connectivity index (χ1v) is 18.3. The van der Waals surface area contributed by atoms with E-state index in [0.717, 1.165) is 39.0 Å². The van der Waals surface area contributed by atoms with E-state index in [1.807, 2.05) is 12.1 Å². The molecule has 0 radical (unpaired) electrons. The molecular weight excluding hydrogens is 643 g/mol. The van der Waals surface area contributed by atoms with Gasteiger partial charge in [-0.05, 0) is 116 Å². The molecule has 0 saturated heterocycles. The number of para-hydroxylation sites is 1. The summed E-state index contributed by atoms with van der Waals surface area (Å²) in [6.07, 6.45) is 0. The van der Waals surface area contributed by atoms with Crippen molar-refractivity contribution in [3.05, 3.63) is 199 Å². The zero-order valence-electron chi connectivity index (χ0n) is 29.8. The number of anilines is 3. The molecule has 9 aromatic rings. The molecule has 0 bridgehead atoms.